The van der Waals surface area contributed by atoms with Crippen LogP contribution in [0, 0.1) is 0 Å². The summed E-state index contributed by atoms with van der Waals surface area (Å²) < 4.78 is 21.8. The Labute approximate surface area is 188 Å². The van der Waals surface area contributed by atoms with Crippen molar-refractivity contribution in [1.29, 1.82) is 0 Å². The van der Waals surface area contributed by atoms with E-state index in [0.717, 1.165) is 43.2 Å². The zero-order valence-corrected chi connectivity index (χ0v) is 18.9. The standard InChI is InChI=1S/C24H28ClNO5/c1-4-31-23-14-17(13-20(25)24(23)29-3)5-7-21(27)18-6-8-22(28-2)19(15-18)16-26-9-11-30-12-10-26/h5-8,13-15H,4,9-12,16H2,1-3H3/b7-5+. The Morgan fingerprint density at radius 2 is 1.90 bits per heavy atom. The summed E-state index contributed by atoms with van der Waals surface area (Å²) in [6.45, 7) is 6.25. The van der Waals surface area contributed by atoms with E-state index in [9.17, 15) is 4.79 Å². The smallest absolute Gasteiger partial charge is 0.185 e. The normalized spacial score (nSPS) is 14.6. The SMILES string of the molecule is CCOc1cc(/C=C/C(=O)c2ccc(OC)c(CN3CCOCC3)c2)cc(Cl)c1OC. The molecule has 1 aliphatic rings. The van der Waals surface area contributed by atoms with Crippen molar-refractivity contribution < 1.29 is 23.7 Å². The van der Waals surface area contributed by atoms with E-state index >= 15 is 0 Å². The number of ether oxygens (including phenoxy) is 4. The molecule has 0 aromatic heterocycles. The molecule has 0 aliphatic carbocycles. The van der Waals surface area contributed by atoms with Gasteiger partial charge in [-0.2, -0.15) is 0 Å². The number of methoxy groups -OCH3 is 2. The molecule has 2 aromatic rings. The van der Waals surface area contributed by atoms with Crippen molar-refractivity contribution in [3.05, 3.63) is 58.1 Å². The van der Waals surface area contributed by atoms with Crippen LogP contribution in [0.2, 0.25) is 5.02 Å². The van der Waals surface area contributed by atoms with Crippen LogP contribution in [0.5, 0.6) is 17.2 Å². The van der Waals surface area contributed by atoms with Gasteiger partial charge in [-0.25, -0.2) is 0 Å². The lowest BCUT2D eigenvalue weighted by Gasteiger charge is -2.27. The molecule has 1 aliphatic heterocycles. The molecule has 1 saturated heterocycles. The van der Waals surface area contributed by atoms with E-state index in [0.29, 0.717) is 35.2 Å². The second kappa shape index (κ2) is 11.2. The lowest BCUT2D eigenvalue weighted by molar-refractivity contribution is 0.0338. The van der Waals surface area contributed by atoms with Gasteiger partial charge in [-0.1, -0.05) is 17.7 Å². The van der Waals surface area contributed by atoms with Crippen LogP contribution in [0.15, 0.2) is 36.4 Å². The number of benzene rings is 2. The highest BCUT2D eigenvalue weighted by molar-refractivity contribution is 6.32. The maximum Gasteiger partial charge on any atom is 0.185 e. The number of nitrogens with zero attached hydrogens (tertiary/aromatic N) is 1. The van der Waals surface area contributed by atoms with E-state index in [2.05, 4.69) is 4.90 Å². The number of rotatable bonds is 9. The predicted octanol–water partition coefficient (Wildman–Crippen LogP) is 4.48. The van der Waals surface area contributed by atoms with Crippen molar-refractivity contribution in [2.24, 2.45) is 0 Å². The summed E-state index contributed by atoms with van der Waals surface area (Å²) in [5.74, 6) is 1.70. The third-order valence-electron chi connectivity index (χ3n) is 5.03. The van der Waals surface area contributed by atoms with Crippen LogP contribution in [0.1, 0.15) is 28.4 Å². The van der Waals surface area contributed by atoms with Gasteiger partial charge in [0.05, 0.1) is 39.1 Å². The third-order valence-corrected chi connectivity index (χ3v) is 5.31. The summed E-state index contributed by atoms with van der Waals surface area (Å²) in [6, 6.07) is 9.06. The topological polar surface area (TPSA) is 57.2 Å². The molecule has 166 valence electrons. The number of hydrogen-bond donors (Lipinski definition) is 0. The lowest BCUT2D eigenvalue weighted by Crippen LogP contribution is -2.35. The van der Waals surface area contributed by atoms with Crippen molar-refractivity contribution >= 4 is 23.5 Å². The summed E-state index contributed by atoms with van der Waals surface area (Å²) in [7, 11) is 3.18. The fourth-order valence-corrected chi connectivity index (χ4v) is 3.77. The van der Waals surface area contributed by atoms with Crippen molar-refractivity contribution in [1.82, 2.24) is 4.90 Å². The lowest BCUT2D eigenvalue weighted by atomic mass is 10.0. The van der Waals surface area contributed by atoms with Crippen LogP contribution in [0.4, 0.5) is 0 Å². The van der Waals surface area contributed by atoms with E-state index < -0.39 is 0 Å². The molecular weight excluding hydrogens is 418 g/mol. The molecule has 0 N–H and O–H groups in total. The molecule has 0 radical (unpaired) electrons. The van der Waals surface area contributed by atoms with Crippen molar-refractivity contribution in [3.63, 3.8) is 0 Å². The van der Waals surface area contributed by atoms with Gasteiger partial charge in [0, 0.05) is 30.8 Å². The van der Waals surface area contributed by atoms with Crippen LogP contribution in [0.3, 0.4) is 0 Å². The van der Waals surface area contributed by atoms with E-state index in [1.807, 2.05) is 19.1 Å². The predicted molar refractivity (Wildman–Crippen MR) is 122 cm³/mol. The zero-order chi connectivity index (χ0) is 22.2. The Morgan fingerprint density at radius 3 is 2.58 bits per heavy atom. The molecular formula is C24H28ClNO5. The Kier molecular flexibility index (Phi) is 8.35. The minimum absolute atomic E-state index is 0.101. The summed E-state index contributed by atoms with van der Waals surface area (Å²) >= 11 is 6.30. The molecule has 0 spiro atoms. The summed E-state index contributed by atoms with van der Waals surface area (Å²) in [5, 5.41) is 0.429. The summed E-state index contributed by atoms with van der Waals surface area (Å²) in [6.07, 6.45) is 3.26. The van der Waals surface area contributed by atoms with Gasteiger partial charge in [-0.15, -0.1) is 0 Å². The van der Waals surface area contributed by atoms with Gasteiger partial charge >= 0.3 is 0 Å². The summed E-state index contributed by atoms with van der Waals surface area (Å²) in [4.78, 5) is 15.1. The minimum Gasteiger partial charge on any atom is -0.496 e. The average molecular weight is 446 g/mol. The number of morpholine rings is 1. The second-order valence-electron chi connectivity index (χ2n) is 7.08. The molecule has 0 atom stereocenters. The van der Waals surface area contributed by atoms with E-state index in [-0.39, 0.29) is 5.78 Å². The number of carbonyl (C=O) groups excluding carboxylic acids is 1. The monoisotopic (exact) mass is 445 g/mol. The molecule has 0 unspecified atom stereocenters. The number of halogens is 1. The summed E-state index contributed by atoms with van der Waals surface area (Å²) in [5.41, 5.74) is 2.34. The van der Waals surface area contributed by atoms with Crippen LogP contribution >= 0.6 is 11.6 Å². The van der Waals surface area contributed by atoms with Crippen molar-refractivity contribution in [2.75, 3.05) is 47.1 Å². The van der Waals surface area contributed by atoms with E-state index in [4.69, 9.17) is 30.5 Å². The fourth-order valence-electron chi connectivity index (χ4n) is 3.47. The molecule has 0 amide bonds. The maximum atomic E-state index is 12.8. The van der Waals surface area contributed by atoms with Gasteiger partial charge in [-0.05, 0) is 48.9 Å². The average Bonchev–Trinajstić information content (AvgIpc) is 2.78. The molecule has 6 nitrogen and oxygen atoms in total. The van der Waals surface area contributed by atoms with Gasteiger partial charge in [-0.3, -0.25) is 9.69 Å². The minimum atomic E-state index is -0.101. The molecule has 2 aromatic carbocycles. The fraction of sp³-hybridized carbons (Fsp3) is 0.375. The first-order chi connectivity index (χ1) is 15.0. The quantitative estimate of drug-likeness (QED) is 0.419. The highest BCUT2D eigenvalue weighted by Gasteiger charge is 2.15. The highest BCUT2D eigenvalue weighted by atomic mass is 35.5. The molecule has 0 saturated carbocycles. The van der Waals surface area contributed by atoms with Gasteiger partial charge in [0.25, 0.3) is 0 Å². The van der Waals surface area contributed by atoms with Crippen molar-refractivity contribution in [2.45, 2.75) is 13.5 Å². The van der Waals surface area contributed by atoms with Crippen LogP contribution in [-0.2, 0) is 11.3 Å². The first-order valence-electron chi connectivity index (χ1n) is 10.3. The van der Waals surface area contributed by atoms with Gasteiger partial charge in [0.15, 0.2) is 17.3 Å². The van der Waals surface area contributed by atoms with Crippen LogP contribution in [0.25, 0.3) is 6.08 Å². The molecule has 3 rings (SSSR count). The van der Waals surface area contributed by atoms with E-state index in [1.54, 1.807) is 38.5 Å². The number of hydrogen-bond acceptors (Lipinski definition) is 6. The van der Waals surface area contributed by atoms with Crippen LogP contribution < -0.4 is 14.2 Å². The molecule has 1 fully saturated rings. The number of carbonyl (C=O) groups is 1. The van der Waals surface area contributed by atoms with Crippen LogP contribution in [-0.4, -0.2) is 57.8 Å². The highest BCUT2D eigenvalue weighted by Crippen LogP contribution is 2.36. The van der Waals surface area contributed by atoms with Crippen molar-refractivity contribution in [3.8, 4) is 17.2 Å². The molecule has 0 bridgehead atoms. The second-order valence-corrected chi connectivity index (χ2v) is 7.49. The maximum absolute atomic E-state index is 12.8. The molecule has 31 heavy (non-hydrogen) atoms. The molecule has 1 heterocycles. The van der Waals surface area contributed by atoms with Gasteiger partial charge < -0.3 is 18.9 Å². The number of allylic oxidation sites excluding steroid dienone is 1. The Hall–Kier alpha value is -2.54. The molecule has 7 heteroatoms. The Morgan fingerprint density at radius 1 is 1.13 bits per heavy atom. The van der Waals surface area contributed by atoms with E-state index in [1.165, 1.54) is 6.08 Å². The Bertz CT molecular complexity index is 938. The Balaban J connectivity index is 1.79. The largest absolute Gasteiger partial charge is 0.496 e. The first-order valence-corrected chi connectivity index (χ1v) is 10.6. The third kappa shape index (κ3) is 6.00. The van der Waals surface area contributed by atoms with Gasteiger partial charge in [0.2, 0.25) is 0 Å². The van der Waals surface area contributed by atoms with Gasteiger partial charge in [0.1, 0.15) is 5.75 Å². The first kappa shape index (κ1) is 23.1. The zero-order valence-electron chi connectivity index (χ0n) is 18.2. The number of ketones is 1.